The van der Waals surface area contributed by atoms with Gasteiger partial charge in [0.2, 0.25) is 5.91 Å². The van der Waals surface area contributed by atoms with Crippen LogP contribution in [-0.2, 0) is 16.0 Å². The number of hydrogen-bond acceptors (Lipinski definition) is 6. The standard InChI is InChI=1S/C29H33N3O4/c1-34-26-18-22-12-13-32(29(21-8-4-3-5-9-21)23(22)19-27(26)35-2)20-28(33)30-24-10-6-7-11-25(24)31-14-16-36-17-15-31/h3-11,18-19,29H,12-17,20H2,1-2H3,(H,30,33). The first-order valence-corrected chi connectivity index (χ1v) is 12.4. The number of nitrogens with zero attached hydrogens (tertiary/aromatic N) is 2. The summed E-state index contributed by atoms with van der Waals surface area (Å²) in [5.74, 6) is 1.40. The molecule has 0 bridgehead atoms. The Morgan fingerprint density at radius 1 is 0.944 bits per heavy atom. The van der Waals surface area contributed by atoms with E-state index in [1.165, 1.54) is 5.56 Å². The number of carbonyl (C=O) groups excluding carboxylic acids is 1. The lowest BCUT2D eigenvalue weighted by Crippen LogP contribution is -2.41. The first kappa shape index (κ1) is 24.2. The number of hydrogen-bond donors (Lipinski definition) is 1. The van der Waals surface area contributed by atoms with Gasteiger partial charge in [-0.25, -0.2) is 0 Å². The van der Waals surface area contributed by atoms with Crippen LogP contribution in [0.1, 0.15) is 22.7 Å². The van der Waals surface area contributed by atoms with Gasteiger partial charge >= 0.3 is 0 Å². The number of fused-ring (bicyclic) bond motifs is 1. The second-order valence-electron chi connectivity index (χ2n) is 9.10. The second-order valence-corrected chi connectivity index (χ2v) is 9.10. The van der Waals surface area contributed by atoms with E-state index in [1.54, 1.807) is 14.2 Å². The van der Waals surface area contributed by atoms with Crippen molar-refractivity contribution in [1.82, 2.24) is 4.90 Å². The molecular formula is C29H33N3O4. The van der Waals surface area contributed by atoms with Crippen molar-refractivity contribution in [3.8, 4) is 11.5 Å². The Morgan fingerprint density at radius 3 is 2.39 bits per heavy atom. The summed E-state index contributed by atoms with van der Waals surface area (Å²) in [5, 5.41) is 3.18. The van der Waals surface area contributed by atoms with E-state index in [2.05, 4.69) is 45.4 Å². The van der Waals surface area contributed by atoms with Gasteiger partial charge < -0.3 is 24.4 Å². The minimum Gasteiger partial charge on any atom is -0.493 e. The van der Waals surface area contributed by atoms with E-state index in [4.69, 9.17) is 14.2 Å². The number of morpholine rings is 1. The van der Waals surface area contributed by atoms with Gasteiger partial charge in [-0.15, -0.1) is 0 Å². The summed E-state index contributed by atoms with van der Waals surface area (Å²) in [6.45, 7) is 4.07. The third-order valence-corrected chi connectivity index (χ3v) is 6.97. The number of nitrogens with one attached hydrogen (secondary N) is 1. The molecule has 188 valence electrons. The van der Waals surface area contributed by atoms with Gasteiger partial charge in [-0.2, -0.15) is 0 Å². The van der Waals surface area contributed by atoms with Crippen LogP contribution in [0.2, 0.25) is 0 Å². The Morgan fingerprint density at radius 2 is 1.64 bits per heavy atom. The number of ether oxygens (including phenoxy) is 3. The minimum atomic E-state index is -0.0602. The topological polar surface area (TPSA) is 63.3 Å². The number of amides is 1. The smallest absolute Gasteiger partial charge is 0.238 e. The van der Waals surface area contributed by atoms with E-state index >= 15 is 0 Å². The van der Waals surface area contributed by atoms with Crippen LogP contribution in [0.25, 0.3) is 0 Å². The number of anilines is 2. The summed E-state index contributed by atoms with van der Waals surface area (Å²) < 4.78 is 16.7. The highest BCUT2D eigenvalue weighted by Gasteiger charge is 2.31. The maximum Gasteiger partial charge on any atom is 0.238 e. The molecule has 3 aromatic rings. The van der Waals surface area contributed by atoms with E-state index in [0.29, 0.717) is 19.0 Å². The number of para-hydroxylation sites is 2. The maximum absolute atomic E-state index is 13.4. The highest BCUT2D eigenvalue weighted by molar-refractivity contribution is 5.95. The predicted molar refractivity (Wildman–Crippen MR) is 141 cm³/mol. The van der Waals surface area contributed by atoms with E-state index < -0.39 is 0 Å². The van der Waals surface area contributed by atoms with Crippen LogP contribution in [0.3, 0.4) is 0 Å². The largest absolute Gasteiger partial charge is 0.493 e. The number of carbonyl (C=O) groups is 1. The van der Waals surface area contributed by atoms with Gasteiger partial charge in [0.15, 0.2) is 11.5 Å². The van der Waals surface area contributed by atoms with Crippen molar-refractivity contribution < 1.29 is 19.0 Å². The molecule has 1 fully saturated rings. The Kier molecular flexibility index (Phi) is 7.39. The summed E-state index contributed by atoms with van der Waals surface area (Å²) in [7, 11) is 3.31. The Hall–Kier alpha value is -3.55. The van der Waals surface area contributed by atoms with Gasteiger partial charge in [0.25, 0.3) is 0 Å². The normalized spacial score (nSPS) is 17.8. The molecule has 0 saturated carbocycles. The van der Waals surface area contributed by atoms with Gasteiger partial charge in [0, 0.05) is 19.6 Å². The van der Waals surface area contributed by atoms with E-state index in [1.807, 2.05) is 36.4 Å². The summed E-state index contributed by atoms with van der Waals surface area (Å²) >= 11 is 0. The van der Waals surface area contributed by atoms with Gasteiger partial charge in [-0.3, -0.25) is 9.69 Å². The molecule has 7 heteroatoms. The van der Waals surface area contributed by atoms with E-state index in [9.17, 15) is 4.79 Å². The summed E-state index contributed by atoms with van der Waals surface area (Å²) in [6.07, 6.45) is 0.830. The monoisotopic (exact) mass is 487 g/mol. The number of rotatable bonds is 7. The highest BCUT2D eigenvalue weighted by Crippen LogP contribution is 2.41. The summed E-state index contributed by atoms with van der Waals surface area (Å²) in [6, 6.07) is 22.4. The van der Waals surface area contributed by atoms with Crippen molar-refractivity contribution in [2.24, 2.45) is 0 Å². The molecule has 36 heavy (non-hydrogen) atoms. The molecule has 1 atom stereocenters. The average Bonchev–Trinajstić information content (AvgIpc) is 2.93. The van der Waals surface area contributed by atoms with Crippen LogP contribution in [0.5, 0.6) is 11.5 Å². The van der Waals surface area contributed by atoms with Crippen molar-refractivity contribution in [3.05, 3.63) is 83.4 Å². The fraction of sp³-hybridized carbons (Fsp3) is 0.345. The molecule has 1 saturated heterocycles. The molecule has 0 radical (unpaired) electrons. The lowest BCUT2D eigenvalue weighted by molar-refractivity contribution is -0.117. The van der Waals surface area contributed by atoms with Crippen LogP contribution in [0.4, 0.5) is 11.4 Å². The molecule has 7 nitrogen and oxygen atoms in total. The maximum atomic E-state index is 13.4. The number of methoxy groups -OCH3 is 2. The van der Waals surface area contributed by atoms with Gasteiger partial charge in [0.1, 0.15) is 0 Å². The molecule has 0 aliphatic carbocycles. The SMILES string of the molecule is COc1cc2c(cc1OC)C(c1ccccc1)N(CC(=O)Nc1ccccc1N1CCOCC1)CC2. The highest BCUT2D eigenvalue weighted by atomic mass is 16.5. The fourth-order valence-corrected chi connectivity index (χ4v) is 5.23. The quantitative estimate of drug-likeness (QED) is 0.541. The van der Waals surface area contributed by atoms with Gasteiger partial charge in [-0.05, 0) is 47.4 Å². The molecular weight excluding hydrogens is 454 g/mol. The molecule has 1 N–H and O–H groups in total. The van der Waals surface area contributed by atoms with Crippen LogP contribution in [-0.4, -0.2) is 64.4 Å². The Labute approximate surface area is 212 Å². The molecule has 1 unspecified atom stereocenters. The summed E-state index contributed by atoms with van der Waals surface area (Å²) in [5.41, 5.74) is 5.38. The van der Waals surface area contributed by atoms with E-state index in [0.717, 1.165) is 54.3 Å². The van der Waals surface area contributed by atoms with Gasteiger partial charge in [0.05, 0.1) is 51.4 Å². The Bertz CT molecular complexity index is 1190. The van der Waals surface area contributed by atoms with Crippen molar-refractivity contribution in [2.75, 3.05) is 63.8 Å². The Balaban J connectivity index is 1.41. The van der Waals surface area contributed by atoms with Crippen molar-refractivity contribution in [1.29, 1.82) is 0 Å². The van der Waals surface area contributed by atoms with Crippen LogP contribution in [0.15, 0.2) is 66.7 Å². The molecule has 1 amide bonds. The zero-order valence-corrected chi connectivity index (χ0v) is 20.9. The third-order valence-electron chi connectivity index (χ3n) is 6.97. The predicted octanol–water partition coefficient (Wildman–Crippen LogP) is 4.13. The van der Waals surface area contributed by atoms with E-state index in [-0.39, 0.29) is 18.5 Å². The molecule has 5 rings (SSSR count). The lowest BCUT2D eigenvalue weighted by atomic mass is 9.87. The molecule has 3 aromatic carbocycles. The lowest BCUT2D eigenvalue weighted by Gasteiger charge is -2.38. The van der Waals surface area contributed by atoms with Crippen LogP contribution in [0, 0.1) is 0 Å². The number of benzene rings is 3. The third kappa shape index (κ3) is 5.03. The first-order chi connectivity index (χ1) is 17.7. The van der Waals surface area contributed by atoms with Crippen LogP contribution < -0.4 is 19.7 Å². The van der Waals surface area contributed by atoms with Crippen LogP contribution >= 0.6 is 0 Å². The zero-order valence-electron chi connectivity index (χ0n) is 20.9. The fourth-order valence-electron chi connectivity index (χ4n) is 5.23. The molecule has 2 aliphatic heterocycles. The molecule has 2 aliphatic rings. The molecule has 2 heterocycles. The van der Waals surface area contributed by atoms with Crippen molar-refractivity contribution in [2.45, 2.75) is 12.5 Å². The summed E-state index contributed by atoms with van der Waals surface area (Å²) in [4.78, 5) is 17.9. The molecule has 0 spiro atoms. The molecule has 0 aromatic heterocycles. The first-order valence-electron chi connectivity index (χ1n) is 12.4. The second kappa shape index (κ2) is 11.0. The van der Waals surface area contributed by atoms with Crippen molar-refractivity contribution in [3.63, 3.8) is 0 Å². The average molecular weight is 488 g/mol. The van der Waals surface area contributed by atoms with Crippen molar-refractivity contribution >= 4 is 17.3 Å². The minimum absolute atomic E-state index is 0.0273. The van der Waals surface area contributed by atoms with Gasteiger partial charge in [-0.1, -0.05) is 42.5 Å². The zero-order chi connectivity index (χ0) is 24.9.